The Morgan fingerprint density at radius 2 is 1.79 bits per heavy atom. The number of aliphatic hydroxyl groups excluding tert-OH is 1. The number of hydrogen-bond donors (Lipinski definition) is 5. The monoisotopic (exact) mass is 267 g/mol. The highest BCUT2D eigenvalue weighted by Crippen LogP contribution is 2.08. The zero-order chi connectivity index (χ0) is 14.4. The molecule has 0 heterocycles. The van der Waals surface area contributed by atoms with Crippen molar-refractivity contribution in [1.82, 2.24) is 5.32 Å². The SMILES string of the molecule is NC(=O)c1ccc(NC(=O)N[C@@H](CO)C(=O)O)cc1. The summed E-state index contributed by atoms with van der Waals surface area (Å²) in [5.41, 5.74) is 5.68. The number of hydrogen-bond acceptors (Lipinski definition) is 4. The molecule has 0 aliphatic rings. The number of rotatable bonds is 5. The number of nitrogens with two attached hydrogens (primary N) is 1. The number of carbonyl (C=O) groups excluding carboxylic acids is 2. The van der Waals surface area contributed by atoms with E-state index in [1.165, 1.54) is 24.3 Å². The molecule has 0 saturated heterocycles. The largest absolute Gasteiger partial charge is 0.480 e. The summed E-state index contributed by atoms with van der Waals surface area (Å²) in [5.74, 6) is -1.94. The molecular formula is C11H13N3O5. The van der Waals surface area contributed by atoms with Crippen LogP contribution in [0.3, 0.4) is 0 Å². The van der Waals surface area contributed by atoms with Crippen molar-refractivity contribution >= 4 is 23.6 Å². The van der Waals surface area contributed by atoms with Crippen LogP contribution < -0.4 is 16.4 Å². The average molecular weight is 267 g/mol. The molecule has 0 radical (unpaired) electrons. The number of anilines is 1. The van der Waals surface area contributed by atoms with Gasteiger partial charge in [0.15, 0.2) is 6.04 Å². The Balaban J connectivity index is 2.61. The Morgan fingerprint density at radius 1 is 1.21 bits per heavy atom. The van der Waals surface area contributed by atoms with Crippen LogP contribution in [0.4, 0.5) is 10.5 Å². The van der Waals surface area contributed by atoms with Crippen LogP contribution in [0.2, 0.25) is 0 Å². The molecule has 0 saturated carbocycles. The van der Waals surface area contributed by atoms with Crippen molar-refractivity contribution in [3.05, 3.63) is 29.8 Å². The average Bonchev–Trinajstić information content (AvgIpc) is 2.36. The smallest absolute Gasteiger partial charge is 0.328 e. The van der Waals surface area contributed by atoms with Crippen LogP contribution in [0.5, 0.6) is 0 Å². The molecule has 19 heavy (non-hydrogen) atoms. The summed E-state index contributed by atoms with van der Waals surface area (Å²) < 4.78 is 0. The number of benzene rings is 1. The highest BCUT2D eigenvalue weighted by Gasteiger charge is 2.18. The maximum Gasteiger partial charge on any atom is 0.328 e. The molecule has 1 atom stereocenters. The van der Waals surface area contributed by atoms with Crippen LogP contribution in [-0.4, -0.2) is 40.8 Å². The summed E-state index contributed by atoms with van der Waals surface area (Å²) in [4.78, 5) is 32.8. The van der Waals surface area contributed by atoms with Crippen LogP contribution >= 0.6 is 0 Å². The van der Waals surface area contributed by atoms with Gasteiger partial charge in [0.05, 0.1) is 6.61 Å². The molecule has 0 aliphatic heterocycles. The van der Waals surface area contributed by atoms with Crippen molar-refractivity contribution in [2.75, 3.05) is 11.9 Å². The molecule has 8 heteroatoms. The fourth-order valence-electron chi connectivity index (χ4n) is 1.23. The molecule has 1 aromatic rings. The Kier molecular flexibility index (Phi) is 4.84. The lowest BCUT2D eigenvalue weighted by atomic mass is 10.2. The van der Waals surface area contributed by atoms with Crippen molar-refractivity contribution in [3.63, 3.8) is 0 Å². The van der Waals surface area contributed by atoms with Crippen LogP contribution in [0, 0.1) is 0 Å². The molecule has 1 rings (SSSR count). The summed E-state index contributed by atoms with van der Waals surface area (Å²) in [5, 5.41) is 21.8. The summed E-state index contributed by atoms with van der Waals surface area (Å²) in [6.45, 7) is -0.719. The first kappa shape index (κ1) is 14.5. The van der Waals surface area contributed by atoms with Crippen LogP contribution in [0.25, 0.3) is 0 Å². The van der Waals surface area contributed by atoms with Gasteiger partial charge in [0.25, 0.3) is 0 Å². The fraction of sp³-hybridized carbons (Fsp3) is 0.182. The third-order valence-electron chi connectivity index (χ3n) is 2.21. The van der Waals surface area contributed by atoms with E-state index in [-0.39, 0.29) is 5.56 Å². The Labute approximate surface area is 108 Å². The van der Waals surface area contributed by atoms with Gasteiger partial charge in [-0.15, -0.1) is 0 Å². The number of carbonyl (C=O) groups is 3. The van der Waals surface area contributed by atoms with Crippen molar-refractivity contribution in [3.8, 4) is 0 Å². The van der Waals surface area contributed by atoms with Crippen LogP contribution in [0.15, 0.2) is 24.3 Å². The minimum atomic E-state index is -1.38. The van der Waals surface area contributed by atoms with E-state index in [0.29, 0.717) is 5.69 Å². The van der Waals surface area contributed by atoms with Gasteiger partial charge in [0.1, 0.15) is 0 Å². The van der Waals surface area contributed by atoms with E-state index in [0.717, 1.165) is 0 Å². The molecule has 8 nitrogen and oxygen atoms in total. The maximum absolute atomic E-state index is 11.4. The number of aliphatic hydroxyl groups is 1. The second-order valence-corrected chi connectivity index (χ2v) is 3.61. The summed E-state index contributed by atoms with van der Waals surface area (Å²) in [6, 6.07) is 3.54. The molecule has 6 N–H and O–H groups in total. The third kappa shape index (κ3) is 4.28. The molecule has 0 bridgehead atoms. The minimum Gasteiger partial charge on any atom is -0.480 e. The lowest BCUT2D eigenvalue weighted by Gasteiger charge is -2.12. The van der Waals surface area contributed by atoms with E-state index in [1.807, 2.05) is 0 Å². The van der Waals surface area contributed by atoms with Gasteiger partial charge in [-0.1, -0.05) is 0 Å². The molecule has 0 aliphatic carbocycles. The molecule has 0 fully saturated rings. The van der Waals surface area contributed by atoms with Crippen molar-refractivity contribution < 1.29 is 24.6 Å². The lowest BCUT2D eigenvalue weighted by molar-refractivity contribution is -0.140. The standard InChI is InChI=1S/C11H13N3O5/c12-9(16)6-1-3-7(4-2-6)13-11(19)14-8(5-15)10(17)18/h1-4,8,15H,5H2,(H2,12,16)(H,17,18)(H2,13,14,19)/t8-/m0/s1. The number of urea groups is 1. The zero-order valence-corrected chi connectivity index (χ0v) is 9.79. The summed E-state index contributed by atoms with van der Waals surface area (Å²) in [7, 11) is 0. The molecule has 0 unspecified atom stereocenters. The van der Waals surface area contributed by atoms with E-state index >= 15 is 0 Å². The quantitative estimate of drug-likeness (QED) is 0.482. The highest BCUT2D eigenvalue weighted by molar-refractivity contribution is 5.95. The van der Waals surface area contributed by atoms with Crippen molar-refractivity contribution in [2.45, 2.75) is 6.04 Å². The van der Waals surface area contributed by atoms with Gasteiger partial charge in [0, 0.05) is 11.3 Å². The summed E-state index contributed by atoms with van der Waals surface area (Å²) in [6.07, 6.45) is 0. The second-order valence-electron chi connectivity index (χ2n) is 3.61. The molecule has 3 amide bonds. The minimum absolute atomic E-state index is 0.282. The van der Waals surface area contributed by atoms with Gasteiger partial charge in [0.2, 0.25) is 5.91 Å². The molecule has 0 aromatic heterocycles. The molecule has 102 valence electrons. The van der Waals surface area contributed by atoms with Crippen LogP contribution in [0.1, 0.15) is 10.4 Å². The third-order valence-corrected chi connectivity index (χ3v) is 2.21. The van der Waals surface area contributed by atoms with Crippen molar-refractivity contribution in [2.24, 2.45) is 5.73 Å². The first-order valence-corrected chi connectivity index (χ1v) is 5.25. The lowest BCUT2D eigenvalue weighted by Crippen LogP contribution is -2.45. The highest BCUT2D eigenvalue weighted by atomic mass is 16.4. The van der Waals surface area contributed by atoms with Crippen LogP contribution in [-0.2, 0) is 4.79 Å². The second kappa shape index (κ2) is 6.36. The maximum atomic E-state index is 11.4. The first-order chi connectivity index (χ1) is 8.93. The van der Waals surface area contributed by atoms with Crippen molar-refractivity contribution in [1.29, 1.82) is 0 Å². The number of carboxylic acids is 1. The Hall–Kier alpha value is -2.61. The van der Waals surface area contributed by atoms with Gasteiger partial charge >= 0.3 is 12.0 Å². The van der Waals surface area contributed by atoms with Gasteiger partial charge in [-0.3, -0.25) is 4.79 Å². The van der Waals surface area contributed by atoms with Gasteiger partial charge in [-0.05, 0) is 24.3 Å². The predicted molar refractivity (Wildman–Crippen MR) is 65.6 cm³/mol. The Morgan fingerprint density at radius 3 is 2.21 bits per heavy atom. The zero-order valence-electron chi connectivity index (χ0n) is 9.79. The fourth-order valence-corrected chi connectivity index (χ4v) is 1.23. The van der Waals surface area contributed by atoms with E-state index in [2.05, 4.69) is 10.6 Å². The van der Waals surface area contributed by atoms with Gasteiger partial charge in [-0.25, -0.2) is 9.59 Å². The Bertz CT molecular complexity index is 486. The number of amides is 3. The van der Waals surface area contributed by atoms with E-state index in [4.69, 9.17) is 15.9 Å². The van der Waals surface area contributed by atoms with E-state index in [1.54, 1.807) is 0 Å². The summed E-state index contributed by atoms with van der Waals surface area (Å²) >= 11 is 0. The predicted octanol–water partition coefficient (Wildman–Crippen LogP) is -0.647. The van der Waals surface area contributed by atoms with E-state index in [9.17, 15) is 14.4 Å². The number of aliphatic carboxylic acids is 1. The van der Waals surface area contributed by atoms with Gasteiger partial charge in [-0.2, -0.15) is 0 Å². The first-order valence-electron chi connectivity index (χ1n) is 5.25. The van der Waals surface area contributed by atoms with E-state index < -0.39 is 30.6 Å². The number of nitrogens with one attached hydrogen (secondary N) is 2. The molecular weight excluding hydrogens is 254 g/mol. The van der Waals surface area contributed by atoms with Gasteiger partial charge < -0.3 is 26.6 Å². The normalized spacial score (nSPS) is 11.4. The number of carboxylic acid groups (broad SMARTS) is 1. The molecule has 0 spiro atoms. The topological polar surface area (TPSA) is 142 Å². The number of primary amides is 1. The molecule has 1 aromatic carbocycles.